The van der Waals surface area contributed by atoms with E-state index in [9.17, 15) is 9.18 Å². The third-order valence-electron chi connectivity index (χ3n) is 5.15. The Bertz CT molecular complexity index is 323. The van der Waals surface area contributed by atoms with Crippen molar-refractivity contribution in [2.75, 3.05) is 26.3 Å². The fourth-order valence-electron chi connectivity index (χ4n) is 3.74. The van der Waals surface area contributed by atoms with Gasteiger partial charge in [0.1, 0.15) is 6.67 Å². The number of rotatable bonds is 4. The molecule has 0 aromatic carbocycles. The minimum Gasteiger partial charge on any atom is -0.334 e. The molecule has 0 aromatic rings. The van der Waals surface area contributed by atoms with Gasteiger partial charge in [-0.2, -0.15) is 0 Å². The van der Waals surface area contributed by atoms with Crippen molar-refractivity contribution in [1.82, 2.24) is 9.80 Å². The number of hydrogen-bond acceptors (Lipinski definition) is 2. The lowest BCUT2D eigenvalue weighted by Crippen LogP contribution is -2.47. The number of alkyl halides is 1. The van der Waals surface area contributed by atoms with E-state index in [2.05, 4.69) is 18.7 Å². The van der Waals surface area contributed by atoms with Crippen molar-refractivity contribution in [2.24, 2.45) is 0 Å². The van der Waals surface area contributed by atoms with Gasteiger partial charge in [-0.3, -0.25) is 4.79 Å². The molecule has 0 aliphatic carbocycles. The largest absolute Gasteiger partial charge is 0.334 e. The topological polar surface area (TPSA) is 23.6 Å². The van der Waals surface area contributed by atoms with E-state index in [4.69, 9.17) is 0 Å². The quantitative estimate of drug-likeness (QED) is 0.784. The molecule has 2 fully saturated rings. The molecule has 0 unspecified atom stereocenters. The highest BCUT2D eigenvalue weighted by molar-refractivity contribution is 5.79. The van der Waals surface area contributed by atoms with E-state index in [0.717, 1.165) is 38.8 Å². The molecule has 4 heteroatoms. The SMILES string of the molecule is CC[C@@H](C)N1CCC[C@]2(CCC(=O)N2CCF)CC1. The summed E-state index contributed by atoms with van der Waals surface area (Å²) in [4.78, 5) is 16.4. The van der Waals surface area contributed by atoms with E-state index in [1.165, 1.54) is 6.42 Å². The van der Waals surface area contributed by atoms with Crippen LogP contribution in [0.3, 0.4) is 0 Å². The lowest BCUT2D eigenvalue weighted by Gasteiger charge is -2.38. The highest BCUT2D eigenvalue weighted by Crippen LogP contribution is 2.39. The molecule has 2 heterocycles. The minimum absolute atomic E-state index is 0.0363. The van der Waals surface area contributed by atoms with Gasteiger partial charge in [0, 0.05) is 31.1 Å². The minimum atomic E-state index is -0.414. The van der Waals surface area contributed by atoms with Crippen molar-refractivity contribution < 1.29 is 9.18 Å². The Labute approximate surface area is 116 Å². The summed E-state index contributed by atoms with van der Waals surface area (Å²) in [5.74, 6) is 0.162. The summed E-state index contributed by atoms with van der Waals surface area (Å²) in [5.41, 5.74) is -0.0363. The fourth-order valence-corrected chi connectivity index (χ4v) is 3.74. The van der Waals surface area contributed by atoms with Crippen molar-refractivity contribution in [3.63, 3.8) is 0 Å². The predicted molar refractivity (Wildman–Crippen MR) is 74.8 cm³/mol. The average molecular weight is 270 g/mol. The fraction of sp³-hybridized carbons (Fsp3) is 0.933. The number of nitrogens with zero attached hydrogens (tertiary/aromatic N) is 2. The lowest BCUT2D eigenvalue weighted by atomic mass is 9.88. The molecule has 2 saturated heterocycles. The first kappa shape index (κ1) is 14.8. The van der Waals surface area contributed by atoms with Crippen LogP contribution in [-0.2, 0) is 4.79 Å². The van der Waals surface area contributed by atoms with Gasteiger partial charge in [0.2, 0.25) is 5.91 Å². The van der Waals surface area contributed by atoms with E-state index in [1.807, 2.05) is 4.90 Å². The summed E-state index contributed by atoms with van der Waals surface area (Å²) in [6.45, 7) is 6.54. The average Bonchev–Trinajstić information content (AvgIpc) is 2.62. The molecule has 0 aromatic heterocycles. The van der Waals surface area contributed by atoms with E-state index in [1.54, 1.807) is 0 Å². The maximum absolute atomic E-state index is 12.7. The highest BCUT2D eigenvalue weighted by Gasteiger charge is 2.45. The van der Waals surface area contributed by atoms with E-state index >= 15 is 0 Å². The Morgan fingerprint density at radius 3 is 2.79 bits per heavy atom. The smallest absolute Gasteiger partial charge is 0.223 e. The first-order chi connectivity index (χ1) is 9.13. The normalized spacial score (nSPS) is 30.9. The van der Waals surface area contributed by atoms with Crippen molar-refractivity contribution in [3.05, 3.63) is 0 Å². The number of amides is 1. The molecule has 110 valence electrons. The van der Waals surface area contributed by atoms with Crippen molar-refractivity contribution in [1.29, 1.82) is 0 Å². The maximum atomic E-state index is 12.7. The van der Waals surface area contributed by atoms with Gasteiger partial charge in [0.05, 0.1) is 0 Å². The first-order valence-corrected chi connectivity index (χ1v) is 7.73. The summed E-state index contributed by atoms with van der Waals surface area (Å²) >= 11 is 0. The Balaban J connectivity index is 2.06. The third kappa shape index (κ3) is 2.93. The molecule has 0 N–H and O–H groups in total. The zero-order valence-corrected chi connectivity index (χ0v) is 12.3. The van der Waals surface area contributed by atoms with Crippen molar-refractivity contribution >= 4 is 5.91 Å². The van der Waals surface area contributed by atoms with Gasteiger partial charge in [0.25, 0.3) is 0 Å². The van der Waals surface area contributed by atoms with Gasteiger partial charge in [-0.1, -0.05) is 6.92 Å². The molecule has 2 atom stereocenters. The zero-order chi connectivity index (χ0) is 13.9. The van der Waals surface area contributed by atoms with Crippen LogP contribution in [-0.4, -0.2) is 53.6 Å². The summed E-state index contributed by atoms with van der Waals surface area (Å²) in [5, 5.41) is 0. The Hall–Kier alpha value is -0.640. The van der Waals surface area contributed by atoms with Gasteiger partial charge in [-0.15, -0.1) is 0 Å². The maximum Gasteiger partial charge on any atom is 0.223 e. The summed E-state index contributed by atoms with van der Waals surface area (Å²) in [6.07, 6.45) is 5.90. The second-order valence-electron chi connectivity index (χ2n) is 6.11. The van der Waals surface area contributed by atoms with Crippen molar-refractivity contribution in [3.8, 4) is 0 Å². The molecule has 1 amide bonds. The molecule has 0 bridgehead atoms. The number of likely N-dealkylation sites (tertiary alicyclic amines) is 2. The Morgan fingerprint density at radius 2 is 2.11 bits per heavy atom. The number of carbonyl (C=O) groups is 1. The van der Waals surface area contributed by atoms with Crippen LogP contribution in [0, 0.1) is 0 Å². The number of halogens is 1. The molecule has 3 nitrogen and oxygen atoms in total. The zero-order valence-electron chi connectivity index (χ0n) is 12.3. The molecule has 0 saturated carbocycles. The summed E-state index contributed by atoms with van der Waals surface area (Å²) < 4.78 is 12.7. The van der Waals surface area contributed by atoms with Gasteiger partial charge >= 0.3 is 0 Å². The lowest BCUT2D eigenvalue weighted by molar-refractivity contribution is -0.131. The van der Waals surface area contributed by atoms with Gasteiger partial charge in [-0.05, 0) is 45.6 Å². The summed E-state index contributed by atoms with van der Waals surface area (Å²) in [6, 6.07) is 0.613. The van der Waals surface area contributed by atoms with Crippen LogP contribution < -0.4 is 0 Å². The van der Waals surface area contributed by atoms with Crippen LogP contribution >= 0.6 is 0 Å². The molecular formula is C15H27FN2O. The number of hydrogen-bond donors (Lipinski definition) is 0. The molecular weight excluding hydrogens is 243 g/mol. The monoisotopic (exact) mass is 270 g/mol. The van der Waals surface area contributed by atoms with Crippen LogP contribution in [0.25, 0.3) is 0 Å². The molecule has 1 spiro atoms. The summed E-state index contributed by atoms with van der Waals surface area (Å²) in [7, 11) is 0. The van der Waals surface area contributed by atoms with Crippen LogP contribution in [0.2, 0.25) is 0 Å². The van der Waals surface area contributed by atoms with Gasteiger partial charge in [-0.25, -0.2) is 4.39 Å². The second-order valence-corrected chi connectivity index (χ2v) is 6.11. The standard InChI is InChI=1S/C15H27FN2O/c1-3-13(2)17-10-4-6-15(8-11-17)7-5-14(19)18(15)12-9-16/h13H,3-12H2,1-2H3/t13-,15+/m1/s1. The Kier molecular flexibility index (Phi) is 4.82. The van der Waals surface area contributed by atoms with Crippen molar-refractivity contribution in [2.45, 2.75) is 64.0 Å². The molecule has 0 radical (unpaired) electrons. The van der Waals surface area contributed by atoms with E-state index in [0.29, 0.717) is 19.0 Å². The third-order valence-corrected chi connectivity index (χ3v) is 5.15. The molecule has 2 aliphatic heterocycles. The van der Waals surface area contributed by atoms with Gasteiger partial charge < -0.3 is 9.80 Å². The highest BCUT2D eigenvalue weighted by atomic mass is 19.1. The van der Waals surface area contributed by atoms with Crippen LogP contribution in [0.15, 0.2) is 0 Å². The number of carbonyl (C=O) groups excluding carboxylic acids is 1. The van der Waals surface area contributed by atoms with Crippen LogP contribution in [0.4, 0.5) is 4.39 Å². The molecule has 19 heavy (non-hydrogen) atoms. The first-order valence-electron chi connectivity index (χ1n) is 7.73. The van der Waals surface area contributed by atoms with Crippen LogP contribution in [0.1, 0.15) is 52.4 Å². The Morgan fingerprint density at radius 1 is 1.32 bits per heavy atom. The molecule has 2 aliphatic rings. The van der Waals surface area contributed by atoms with E-state index in [-0.39, 0.29) is 11.4 Å². The van der Waals surface area contributed by atoms with Gasteiger partial charge in [0.15, 0.2) is 0 Å². The van der Waals surface area contributed by atoms with E-state index < -0.39 is 6.67 Å². The molecule has 2 rings (SSSR count). The van der Waals surface area contributed by atoms with Crippen LogP contribution in [0.5, 0.6) is 0 Å². The predicted octanol–water partition coefficient (Wildman–Crippen LogP) is 2.60. The second kappa shape index (κ2) is 6.21.